The third-order valence-electron chi connectivity index (χ3n) is 2.83. The Morgan fingerprint density at radius 2 is 1.74 bits per heavy atom. The van der Waals surface area contributed by atoms with Crippen molar-refractivity contribution in [2.75, 3.05) is 12.4 Å². The number of amides is 1. The minimum atomic E-state index is -0.415. The molecule has 0 fully saturated rings. The van der Waals surface area contributed by atoms with Gasteiger partial charge in [0.05, 0.1) is 7.11 Å². The van der Waals surface area contributed by atoms with E-state index >= 15 is 0 Å². The van der Waals surface area contributed by atoms with E-state index in [4.69, 9.17) is 10.5 Å². The van der Waals surface area contributed by atoms with Gasteiger partial charge in [0.2, 0.25) is 5.91 Å². The Hall–Kier alpha value is -2.49. The number of anilines is 1. The van der Waals surface area contributed by atoms with Crippen LogP contribution in [0.1, 0.15) is 15.9 Å². The van der Waals surface area contributed by atoms with Gasteiger partial charge in [-0.15, -0.1) is 0 Å². The van der Waals surface area contributed by atoms with E-state index in [9.17, 15) is 4.79 Å². The molecule has 0 aliphatic heterocycles. The van der Waals surface area contributed by atoms with Crippen LogP contribution in [0.3, 0.4) is 0 Å². The van der Waals surface area contributed by atoms with Crippen molar-refractivity contribution >= 4 is 11.6 Å². The Kier molecular flexibility index (Phi) is 4.03. The van der Waals surface area contributed by atoms with Crippen molar-refractivity contribution in [3.8, 4) is 5.75 Å². The molecule has 0 saturated heterocycles. The van der Waals surface area contributed by atoms with Gasteiger partial charge in [0.25, 0.3) is 0 Å². The molecule has 2 aromatic rings. The third kappa shape index (κ3) is 3.48. The van der Waals surface area contributed by atoms with Crippen molar-refractivity contribution in [2.24, 2.45) is 5.73 Å². The Balaban J connectivity index is 1.95. The summed E-state index contributed by atoms with van der Waals surface area (Å²) in [7, 11) is 1.65. The molecule has 0 radical (unpaired) electrons. The van der Waals surface area contributed by atoms with Crippen LogP contribution in [0.4, 0.5) is 5.69 Å². The molecule has 0 bridgehead atoms. The fraction of sp³-hybridized carbons (Fsp3) is 0.133. The number of hydrogen-bond donors (Lipinski definition) is 2. The largest absolute Gasteiger partial charge is 0.497 e. The molecule has 4 heteroatoms. The van der Waals surface area contributed by atoms with Crippen LogP contribution in [0.5, 0.6) is 5.75 Å². The lowest BCUT2D eigenvalue weighted by Gasteiger charge is -2.07. The zero-order chi connectivity index (χ0) is 13.7. The molecule has 0 atom stereocenters. The topological polar surface area (TPSA) is 64.3 Å². The highest BCUT2D eigenvalue weighted by molar-refractivity contribution is 5.93. The van der Waals surface area contributed by atoms with Crippen LogP contribution in [0.2, 0.25) is 0 Å². The summed E-state index contributed by atoms with van der Waals surface area (Å²) < 4.78 is 5.10. The maximum atomic E-state index is 10.9. The van der Waals surface area contributed by atoms with Crippen molar-refractivity contribution in [3.63, 3.8) is 0 Å². The summed E-state index contributed by atoms with van der Waals surface area (Å²) in [4.78, 5) is 10.9. The molecule has 98 valence electrons. The Morgan fingerprint density at radius 3 is 2.26 bits per heavy atom. The smallest absolute Gasteiger partial charge is 0.248 e. The molecule has 2 aromatic carbocycles. The highest BCUT2D eigenvalue weighted by Gasteiger charge is 1.99. The second kappa shape index (κ2) is 5.91. The summed E-state index contributed by atoms with van der Waals surface area (Å²) in [6.07, 6.45) is 0. The first-order valence-corrected chi connectivity index (χ1v) is 5.96. The van der Waals surface area contributed by atoms with Gasteiger partial charge in [0.15, 0.2) is 0 Å². The van der Waals surface area contributed by atoms with Crippen molar-refractivity contribution in [3.05, 3.63) is 59.7 Å². The number of carbonyl (C=O) groups excluding carboxylic acids is 1. The Morgan fingerprint density at radius 1 is 1.11 bits per heavy atom. The van der Waals surface area contributed by atoms with Crippen LogP contribution < -0.4 is 15.8 Å². The van der Waals surface area contributed by atoms with Crippen LogP contribution >= 0.6 is 0 Å². The second-order valence-corrected chi connectivity index (χ2v) is 4.14. The number of nitrogens with one attached hydrogen (secondary N) is 1. The lowest BCUT2D eigenvalue weighted by molar-refractivity contribution is 0.100. The monoisotopic (exact) mass is 256 g/mol. The van der Waals surface area contributed by atoms with E-state index in [0.29, 0.717) is 12.1 Å². The van der Waals surface area contributed by atoms with Crippen LogP contribution in [0, 0.1) is 0 Å². The van der Waals surface area contributed by atoms with Gasteiger partial charge in [-0.3, -0.25) is 4.79 Å². The standard InChI is InChI=1S/C15H16N2O2/c1-19-14-8-2-11(3-9-14)10-17-13-6-4-12(5-7-13)15(16)18/h2-9,17H,10H2,1H3,(H2,16,18). The summed E-state index contributed by atoms with van der Waals surface area (Å²) in [6, 6.07) is 14.9. The zero-order valence-electron chi connectivity index (χ0n) is 10.7. The van der Waals surface area contributed by atoms with Gasteiger partial charge in [-0.05, 0) is 42.0 Å². The molecule has 0 aliphatic rings. The average Bonchev–Trinajstić information content (AvgIpc) is 2.46. The van der Waals surface area contributed by atoms with E-state index in [0.717, 1.165) is 17.0 Å². The highest BCUT2D eigenvalue weighted by Crippen LogP contribution is 2.14. The van der Waals surface area contributed by atoms with Gasteiger partial charge < -0.3 is 15.8 Å². The first-order chi connectivity index (χ1) is 9.19. The molecule has 2 rings (SSSR count). The molecule has 0 heterocycles. The number of carbonyl (C=O) groups is 1. The fourth-order valence-corrected chi connectivity index (χ4v) is 1.70. The van der Waals surface area contributed by atoms with Gasteiger partial charge in [-0.25, -0.2) is 0 Å². The molecule has 4 nitrogen and oxygen atoms in total. The minimum Gasteiger partial charge on any atom is -0.497 e. The fourth-order valence-electron chi connectivity index (χ4n) is 1.70. The number of methoxy groups -OCH3 is 1. The van der Waals surface area contributed by atoms with Crippen LogP contribution in [-0.2, 0) is 6.54 Å². The van der Waals surface area contributed by atoms with Gasteiger partial charge in [-0.1, -0.05) is 12.1 Å². The summed E-state index contributed by atoms with van der Waals surface area (Å²) in [5.41, 5.74) is 7.79. The third-order valence-corrected chi connectivity index (χ3v) is 2.83. The number of rotatable bonds is 5. The Labute approximate surface area is 112 Å². The van der Waals surface area contributed by atoms with E-state index in [2.05, 4.69) is 5.32 Å². The molecular formula is C15H16N2O2. The van der Waals surface area contributed by atoms with Crippen LogP contribution in [0.25, 0.3) is 0 Å². The molecule has 19 heavy (non-hydrogen) atoms. The molecule has 0 spiro atoms. The van der Waals surface area contributed by atoms with Crippen LogP contribution in [0.15, 0.2) is 48.5 Å². The minimum absolute atomic E-state index is 0.415. The number of primary amides is 1. The quantitative estimate of drug-likeness (QED) is 0.863. The van der Waals surface area contributed by atoms with Crippen molar-refractivity contribution in [1.29, 1.82) is 0 Å². The number of nitrogens with two attached hydrogens (primary N) is 1. The summed E-state index contributed by atoms with van der Waals surface area (Å²) in [6.45, 7) is 0.708. The van der Waals surface area contributed by atoms with Crippen molar-refractivity contribution in [2.45, 2.75) is 6.54 Å². The predicted molar refractivity (Wildman–Crippen MR) is 75.3 cm³/mol. The van der Waals surface area contributed by atoms with Crippen molar-refractivity contribution in [1.82, 2.24) is 0 Å². The lowest BCUT2D eigenvalue weighted by Crippen LogP contribution is -2.10. The Bertz CT molecular complexity index is 547. The van der Waals surface area contributed by atoms with Gasteiger partial charge in [0.1, 0.15) is 5.75 Å². The number of benzene rings is 2. The summed E-state index contributed by atoms with van der Waals surface area (Å²) >= 11 is 0. The number of ether oxygens (including phenoxy) is 1. The zero-order valence-corrected chi connectivity index (χ0v) is 10.7. The van der Waals surface area contributed by atoms with E-state index in [-0.39, 0.29) is 0 Å². The first kappa shape index (κ1) is 13.0. The van der Waals surface area contributed by atoms with Gasteiger partial charge in [0, 0.05) is 17.8 Å². The lowest BCUT2D eigenvalue weighted by atomic mass is 10.2. The summed E-state index contributed by atoms with van der Waals surface area (Å²) in [5, 5.41) is 3.27. The predicted octanol–water partition coefficient (Wildman–Crippen LogP) is 2.41. The van der Waals surface area contributed by atoms with Crippen LogP contribution in [-0.4, -0.2) is 13.0 Å². The number of hydrogen-bond acceptors (Lipinski definition) is 3. The normalized spacial score (nSPS) is 9.95. The molecule has 1 amide bonds. The van der Waals surface area contributed by atoms with E-state index < -0.39 is 5.91 Å². The van der Waals surface area contributed by atoms with E-state index in [1.807, 2.05) is 36.4 Å². The first-order valence-electron chi connectivity index (χ1n) is 5.96. The SMILES string of the molecule is COc1ccc(CNc2ccc(C(N)=O)cc2)cc1. The molecular weight excluding hydrogens is 240 g/mol. The van der Waals surface area contributed by atoms with E-state index in [1.165, 1.54) is 0 Å². The van der Waals surface area contributed by atoms with Gasteiger partial charge in [-0.2, -0.15) is 0 Å². The molecule has 0 unspecified atom stereocenters. The maximum Gasteiger partial charge on any atom is 0.248 e. The van der Waals surface area contributed by atoms with Crippen molar-refractivity contribution < 1.29 is 9.53 Å². The molecule has 0 aliphatic carbocycles. The molecule has 0 saturated carbocycles. The average molecular weight is 256 g/mol. The molecule has 3 N–H and O–H groups in total. The van der Waals surface area contributed by atoms with E-state index in [1.54, 1.807) is 19.2 Å². The highest BCUT2D eigenvalue weighted by atomic mass is 16.5. The second-order valence-electron chi connectivity index (χ2n) is 4.14. The van der Waals surface area contributed by atoms with Gasteiger partial charge >= 0.3 is 0 Å². The maximum absolute atomic E-state index is 10.9. The summed E-state index contributed by atoms with van der Waals surface area (Å²) in [5.74, 6) is 0.427. The molecule has 0 aromatic heterocycles.